The Kier molecular flexibility index (Phi) is 2.94. The molecule has 4 rings (SSSR count). The molecule has 22 heavy (non-hydrogen) atoms. The van der Waals surface area contributed by atoms with Crippen LogP contribution in [-0.2, 0) is 0 Å². The summed E-state index contributed by atoms with van der Waals surface area (Å²) in [5.41, 5.74) is 3.54. The molecule has 6 heteroatoms. The van der Waals surface area contributed by atoms with Gasteiger partial charge in [-0.3, -0.25) is 4.40 Å². The van der Waals surface area contributed by atoms with E-state index in [1.807, 2.05) is 53.8 Å². The van der Waals surface area contributed by atoms with Gasteiger partial charge in [0.15, 0.2) is 5.65 Å². The highest BCUT2D eigenvalue weighted by molar-refractivity contribution is 6.31. The van der Waals surface area contributed by atoms with E-state index in [4.69, 9.17) is 11.6 Å². The van der Waals surface area contributed by atoms with Gasteiger partial charge in [-0.25, -0.2) is 4.98 Å². The highest BCUT2D eigenvalue weighted by Crippen LogP contribution is 2.25. The van der Waals surface area contributed by atoms with Crippen molar-refractivity contribution >= 4 is 39.8 Å². The van der Waals surface area contributed by atoms with Gasteiger partial charge in [-0.15, -0.1) is 10.2 Å². The Morgan fingerprint density at radius 2 is 2.00 bits per heavy atom. The maximum atomic E-state index is 6.18. The number of hydrogen-bond donors (Lipinski definition) is 1. The van der Waals surface area contributed by atoms with Gasteiger partial charge < -0.3 is 5.32 Å². The van der Waals surface area contributed by atoms with E-state index in [1.54, 1.807) is 6.33 Å². The lowest BCUT2D eigenvalue weighted by molar-refractivity contribution is 1.09. The number of fused-ring (bicyclic) bond motifs is 3. The van der Waals surface area contributed by atoms with Gasteiger partial charge in [0.25, 0.3) is 0 Å². The molecule has 0 fully saturated rings. The van der Waals surface area contributed by atoms with Gasteiger partial charge >= 0.3 is 0 Å². The number of nitrogens with one attached hydrogen (secondary N) is 1. The predicted octanol–water partition coefficient (Wildman–Crippen LogP) is 3.98. The smallest absolute Gasteiger partial charge is 0.215 e. The van der Waals surface area contributed by atoms with Crippen LogP contribution in [0.3, 0.4) is 0 Å². The van der Waals surface area contributed by atoms with Crippen molar-refractivity contribution in [2.75, 3.05) is 5.32 Å². The minimum atomic E-state index is 0.651. The lowest BCUT2D eigenvalue weighted by atomic mass is 10.2. The highest BCUT2D eigenvalue weighted by atomic mass is 35.5. The van der Waals surface area contributed by atoms with Gasteiger partial charge in [-0.2, -0.15) is 0 Å². The van der Waals surface area contributed by atoms with E-state index in [-0.39, 0.29) is 0 Å². The number of halogens is 1. The normalized spacial score (nSPS) is 11.2. The molecule has 0 aliphatic carbocycles. The Hall–Kier alpha value is -2.66. The summed E-state index contributed by atoms with van der Waals surface area (Å²) in [7, 11) is 0. The zero-order chi connectivity index (χ0) is 15.1. The number of hydrogen-bond acceptors (Lipinski definition) is 4. The molecule has 0 amide bonds. The van der Waals surface area contributed by atoms with Gasteiger partial charge in [-0.05, 0) is 36.8 Å². The molecule has 2 aromatic heterocycles. The number of anilines is 2. The van der Waals surface area contributed by atoms with Crippen molar-refractivity contribution in [3.8, 4) is 0 Å². The summed E-state index contributed by atoms with van der Waals surface area (Å²) in [4.78, 5) is 4.65. The molecule has 5 nitrogen and oxygen atoms in total. The number of aromatic nitrogens is 4. The van der Waals surface area contributed by atoms with Crippen molar-refractivity contribution in [2.45, 2.75) is 6.92 Å². The summed E-state index contributed by atoms with van der Waals surface area (Å²) in [6, 6.07) is 13.7. The second-order valence-corrected chi connectivity index (χ2v) is 5.47. The second-order valence-electron chi connectivity index (χ2n) is 5.07. The third-order valence-corrected chi connectivity index (χ3v) is 3.98. The molecule has 0 atom stereocenters. The fourth-order valence-electron chi connectivity index (χ4n) is 2.39. The van der Waals surface area contributed by atoms with Gasteiger partial charge in [0.2, 0.25) is 5.95 Å². The van der Waals surface area contributed by atoms with Crippen LogP contribution in [-0.4, -0.2) is 19.6 Å². The fourth-order valence-corrected chi connectivity index (χ4v) is 2.57. The largest absolute Gasteiger partial charge is 0.325 e. The molecule has 1 N–H and O–H groups in total. The monoisotopic (exact) mass is 309 g/mol. The number of para-hydroxylation sites is 1. The Balaban J connectivity index is 1.89. The van der Waals surface area contributed by atoms with Crippen molar-refractivity contribution in [1.29, 1.82) is 0 Å². The molecule has 0 unspecified atom stereocenters. The van der Waals surface area contributed by atoms with Crippen molar-refractivity contribution < 1.29 is 0 Å². The molecule has 2 aromatic carbocycles. The molecule has 0 radical (unpaired) electrons. The zero-order valence-corrected chi connectivity index (χ0v) is 12.5. The summed E-state index contributed by atoms with van der Waals surface area (Å²) in [5, 5.41) is 13.1. The number of aryl methyl sites for hydroxylation is 1. The molecular formula is C16H12ClN5. The Labute approximate surface area is 131 Å². The number of rotatable bonds is 2. The summed E-state index contributed by atoms with van der Waals surface area (Å²) < 4.78 is 1.83. The predicted molar refractivity (Wildman–Crippen MR) is 87.8 cm³/mol. The first-order chi connectivity index (χ1) is 10.7. The standard InChI is InChI=1S/C16H12ClN5/c1-10-6-7-11(8-13(10)17)19-16-20-14-5-3-2-4-12(14)15-21-18-9-22(15)16/h2-9H,1H3,(H,19,20). The maximum absolute atomic E-state index is 6.18. The van der Waals surface area contributed by atoms with Crippen LogP contribution in [0.1, 0.15) is 5.56 Å². The average Bonchev–Trinajstić information content (AvgIpc) is 3.01. The van der Waals surface area contributed by atoms with Crippen molar-refractivity contribution in [1.82, 2.24) is 19.6 Å². The minimum absolute atomic E-state index is 0.651. The lowest BCUT2D eigenvalue weighted by Gasteiger charge is -2.10. The molecule has 0 saturated heterocycles. The first kappa shape index (κ1) is 13.0. The van der Waals surface area contributed by atoms with E-state index in [0.717, 1.165) is 27.8 Å². The number of benzene rings is 2. The first-order valence-corrected chi connectivity index (χ1v) is 7.22. The summed E-state index contributed by atoms with van der Waals surface area (Å²) in [6.45, 7) is 1.97. The van der Waals surface area contributed by atoms with E-state index in [2.05, 4.69) is 20.5 Å². The van der Waals surface area contributed by atoms with Gasteiger partial charge in [-0.1, -0.05) is 29.8 Å². The van der Waals surface area contributed by atoms with Crippen molar-refractivity contribution in [3.63, 3.8) is 0 Å². The molecule has 0 aliphatic heterocycles. The quantitative estimate of drug-likeness (QED) is 0.608. The van der Waals surface area contributed by atoms with Crippen molar-refractivity contribution in [2.24, 2.45) is 0 Å². The molecule has 2 heterocycles. The minimum Gasteiger partial charge on any atom is -0.325 e. The van der Waals surface area contributed by atoms with Gasteiger partial charge in [0.1, 0.15) is 6.33 Å². The topological polar surface area (TPSA) is 55.1 Å². The molecule has 0 spiro atoms. The SMILES string of the molecule is Cc1ccc(Nc2nc3ccccc3c3nncn23)cc1Cl. The molecule has 4 aromatic rings. The Bertz CT molecular complexity index is 992. The molecular weight excluding hydrogens is 298 g/mol. The van der Waals surface area contributed by atoms with E-state index in [0.29, 0.717) is 11.0 Å². The van der Waals surface area contributed by atoms with Crippen LogP contribution >= 0.6 is 11.6 Å². The maximum Gasteiger partial charge on any atom is 0.215 e. The molecule has 0 bridgehead atoms. The molecule has 0 aliphatic rings. The van der Waals surface area contributed by atoms with Crippen molar-refractivity contribution in [3.05, 3.63) is 59.4 Å². The van der Waals surface area contributed by atoms with Crippen LogP contribution in [0.2, 0.25) is 5.02 Å². The molecule has 108 valence electrons. The summed E-state index contributed by atoms with van der Waals surface area (Å²) >= 11 is 6.18. The Morgan fingerprint density at radius 1 is 1.14 bits per heavy atom. The Morgan fingerprint density at radius 3 is 2.86 bits per heavy atom. The van der Waals surface area contributed by atoms with Crippen LogP contribution in [0.15, 0.2) is 48.8 Å². The van der Waals surface area contributed by atoms with Crippen LogP contribution in [0.5, 0.6) is 0 Å². The van der Waals surface area contributed by atoms with Crippen LogP contribution in [0.4, 0.5) is 11.6 Å². The fraction of sp³-hybridized carbons (Fsp3) is 0.0625. The summed E-state index contributed by atoms with van der Waals surface area (Å²) in [5.74, 6) is 0.651. The van der Waals surface area contributed by atoms with E-state index < -0.39 is 0 Å². The lowest BCUT2D eigenvalue weighted by Crippen LogP contribution is -2.02. The second kappa shape index (κ2) is 4.96. The van der Waals surface area contributed by atoms with E-state index >= 15 is 0 Å². The van der Waals surface area contributed by atoms with Gasteiger partial charge in [0.05, 0.1) is 5.52 Å². The third-order valence-electron chi connectivity index (χ3n) is 3.58. The average molecular weight is 310 g/mol. The highest BCUT2D eigenvalue weighted by Gasteiger charge is 2.10. The van der Waals surface area contributed by atoms with E-state index in [9.17, 15) is 0 Å². The number of nitrogens with zero attached hydrogens (tertiary/aromatic N) is 4. The summed E-state index contributed by atoms with van der Waals surface area (Å²) in [6.07, 6.45) is 1.65. The van der Waals surface area contributed by atoms with Crippen LogP contribution < -0.4 is 5.32 Å². The van der Waals surface area contributed by atoms with Gasteiger partial charge in [0, 0.05) is 16.1 Å². The third kappa shape index (κ3) is 2.07. The first-order valence-electron chi connectivity index (χ1n) is 6.84. The van der Waals surface area contributed by atoms with Crippen LogP contribution in [0.25, 0.3) is 16.6 Å². The van der Waals surface area contributed by atoms with Crippen LogP contribution in [0, 0.1) is 6.92 Å². The molecule has 0 saturated carbocycles. The zero-order valence-electron chi connectivity index (χ0n) is 11.8. The van der Waals surface area contributed by atoms with E-state index in [1.165, 1.54) is 0 Å².